The van der Waals surface area contributed by atoms with E-state index < -0.39 is 0 Å². The Balaban J connectivity index is 1.87. The first-order chi connectivity index (χ1) is 9.61. The first-order valence-corrected chi connectivity index (χ1v) is 6.35. The monoisotopic (exact) mass is 276 g/mol. The number of benzene rings is 1. The van der Waals surface area contributed by atoms with E-state index in [2.05, 4.69) is 15.4 Å². The molecule has 1 aromatic rings. The van der Waals surface area contributed by atoms with Gasteiger partial charge in [-0.2, -0.15) is 0 Å². The number of nitrogens with one attached hydrogen (secondary N) is 2. The van der Waals surface area contributed by atoms with E-state index in [-0.39, 0.29) is 43.2 Å². The maximum Gasteiger partial charge on any atom is 0.307 e. The fourth-order valence-electron chi connectivity index (χ4n) is 2.15. The van der Waals surface area contributed by atoms with Gasteiger partial charge >= 0.3 is 5.97 Å². The Morgan fingerprint density at radius 3 is 2.85 bits per heavy atom. The summed E-state index contributed by atoms with van der Waals surface area (Å²) in [7, 11) is 1.30. The van der Waals surface area contributed by atoms with Gasteiger partial charge in [-0.15, -0.1) is 0 Å². The van der Waals surface area contributed by atoms with Crippen molar-refractivity contribution in [3.63, 3.8) is 0 Å². The summed E-state index contributed by atoms with van der Waals surface area (Å²) in [6.45, 7) is 0.230. The maximum atomic E-state index is 11.8. The van der Waals surface area contributed by atoms with E-state index in [4.69, 9.17) is 0 Å². The van der Waals surface area contributed by atoms with E-state index in [0.29, 0.717) is 5.56 Å². The van der Waals surface area contributed by atoms with Crippen LogP contribution in [-0.2, 0) is 14.3 Å². The molecule has 2 rings (SSSR count). The minimum absolute atomic E-state index is 0.135. The van der Waals surface area contributed by atoms with Crippen molar-refractivity contribution in [3.8, 4) is 0 Å². The van der Waals surface area contributed by atoms with Crippen molar-refractivity contribution in [1.82, 2.24) is 10.6 Å². The number of carbonyl (C=O) groups is 3. The normalized spacial score (nSPS) is 16.2. The van der Waals surface area contributed by atoms with Crippen LogP contribution in [-0.4, -0.2) is 31.4 Å². The van der Waals surface area contributed by atoms with Gasteiger partial charge in [0.25, 0.3) is 5.91 Å². The molecule has 1 heterocycles. The zero-order valence-electron chi connectivity index (χ0n) is 11.1. The lowest BCUT2D eigenvalue weighted by molar-refractivity contribution is -0.140. The smallest absolute Gasteiger partial charge is 0.307 e. The van der Waals surface area contributed by atoms with Crippen LogP contribution in [0.4, 0.5) is 0 Å². The van der Waals surface area contributed by atoms with Gasteiger partial charge in [0.05, 0.1) is 26.0 Å². The highest BCUT2D eigenvalue weighted by Crippen LogP contribution is 2.27. The van der Waals surface area contributed by atoms with Gasteiger partial charge < -0.3 is 15.4 Å². The predicted octanol–water partition coefficient (Wildman–Crippen LogP) is 0.540. The quantitative estimate of drug-likeness (QED) is 0.769. The van der Waals surface area contributed by atoms with Crippen LogP contribution >= 0.6 is 0 Å². The molecular weight excluding hydrogens is 260 g/mol. The van der Waals surface area contributed by atoms with Crippen molar-refractivity contribution in [3.05, 3.63) is 35.4 Å². The third-order valence-electron chi connectivity index (χ3n) is 3.15. The minimum atomic E-state index is -0.371. The third-order valence-corrected chi connectivity index (χ3v) is 3.15. The number of amides is 2. The molecule has 2 amide bonds. The molecular formula is C14H16N2O4. The Morgan fingerprint density at radius 1 is 1.35 bits per heavy atom. The molecule has 106 valence electrons. The van der Waals surface area contributed by atoms with E-state index >= 15 is 0 Å². The molecule has 0 saturated carbocycles. The Morgan fingerprint density at radius 2 is 2.10 bits per heavy atom. The molecule has 0 fully saturated rings. The van der Waals surface area contributed by atoms with Gasteiger partial charge in [-0.3, -0.25) is 14.4 Å². The Labute approximate surface area is 116 Å². The fourth-order valence-corrected chi connectivity index (χ4v) is 2.15. The summed E-state index contributed by atoms with van der Waals surface area (Å²) in [5.41, 5.74) is 1.44. The fraction of sp³-hybridized carbons (Fsp3) is 0.357. The summed E-state index contributed by atoms with van der Waals surface area (Å²) in [5, 5.41) is 5.40. The Bertz CT molecular complexity index is 542. The molecule has 2 N–H and O–H groups in total. The van der Waals surface area contributed by atoms with Crippen molar-refractivity contribution in [1.29, 1.82) is 0 Å². The number of fused-ring (bicyclic) bond motifs is 1. The minimum Gasteiger partial charge on any atom is -0.469 e. The highest BCUT2D eigenvalue weighted by Gasteiger charge is 2.29. The highest BCUT2D eigenvalue weighted by molar-refractivity contribution is 5.99. The van der Waals surface area contributed by atoms with Crippen LogP contribution in [0.1, 0.15) is 34.8 Å². The number of esters is 1. The molecule has 1 aliphatic heterocycles. The summed E-state index contributed by atoms with van der Waals surface area (Å²) in [5.74, 6) is -0.742. The van der Waals surface area contributed by atoms with Crippen molar-refractivity contribution >= 4 is 17.8 Å². The first kappa shape index (κ1) is 14.0. The van der Waals surface area contributed by atoms with E-state index in [1.165, 1.54) is 7.11 Å². The van der Waals surface area contributed by atoms with E-state index in [1.807, 2.05) is 12.1 Å². The number of carbonyl (C=O) groups excluding carboxylic acids is 3. The number of rotatable bonds is 5. The molecule has 1 unspecified atom stereocenters. The first-order valence-electron chi connectivity index (χ1n) is 6.35. The van der Waals surface area contributed by atoms with E-state index in [0.717, 1.165) is 5.56 Å². The van der Waals surface area contributed by atoms with Crippen LogP contribution in [0.3, 0.4) is 0 Å². The number of ether oxygens (including phenoxy) is 1. The average Bonchev–Trinajstić information content (AvgIpc) is 2.76. The lowest BCUT2D eigenvalue weighted by Crippen LogP contribution is -2.30. The molecule has 6 heteroatoms. The Hall–Kier alpha value is -2.37. The summed E-state index contributed by atoms with van der Waals surface area (Å²) >= 11 is 0. The highest BCUT2D eigenvalue weighted by atomic mass is 16.5. The molecule has 0 aromatic heterocycles. The Kier molecular flexibility index (Phi) is 4.34. The van der Waals surface area contributed by atoms with Gasteiger partial charge in [-0.05, 0) is 11.6 Å². The van der Waals surface area contributed by atoms with Crippen molar-refractivity contribution < 1.29 is 19.1 Å². The van der Waals surface area contributed by atoms with Gasteiger partial charge in [-0.1, -0.05) is 18.2 Å². The molecule has 1 aliphatic rings. The number of methoxy groups -OCH3 is 1. The van der Waals surface area contributed by atoms with Crippen molar-refractivity contribution in [2.24, 2.45) is 0 Å². The van der Waals surface area contributed by atoms with E-state index in [9.17, 15) is 14.4 Å². The lowest BCUT2D eigenvalue weighted by atomic mass is 10.0. The summed E-state index contributed by atoms with van der Waals surface area (Å²) in [4.78, 5) is 34.4. The second-order valence-electron chi connectivity index (χ2n) is 4.49. The molecule has 0 bridgehead atoms. The number of hydrogen-bond donors (Lipinski definition) is 2. The molecule has 0 spiro atoms. The standard InChI is InChI=1S/C14H16N2O4/c1-20-13(18)6-7-15-12(17)8-11-9-4-2-3-5-10(9)14(19)16-11/h2-5,11H,6-8H2,1H3,(H,15,17)(H,16,19). The second-order valence-corrected chi connectivity index (χ2v) is 4.49. The van der Waals surface area contributed by atoms with Crippen LogP contribution in [0.2, 0.25) is 0 Å². The average molecular weight is 276 g/mol. The second kappa shape index (κ2) is 6.18. The lowest BCUT2D eigenvalue weighted by Gasteiger charge is -2.11. The van der Waals surface area contributed by atoms with Crippen LogP contribution < -0.4 is 10.6 Å². The van der Waals surface area contributed by atoms with Crippen LogP contribution in [0.25, 0.3) is 0 Å². The van der Waals surface area contributed by atoms with Crippen molar-refractivity contribution in [2.75, 3.05) is 13.7 Å². The molecule has 0 radical (unpaired) electrons. The van der Waals surface area contributed by atoms with E-state index in [1.54, 1.807) is 12.1 Å². The zero-order chi connectivity index (χ0) is 14.5. The van der Waals surface area contributed by atoms with Crippen LogP contribution in [0, 0.1) is 0 Å². The third kappa shape index (κ3) is 3.14. The molecule has 1 atom stereocenters. The summed E-state index contributed by atoms with van der Waals surface area (Å²) in [6.07, 6.45) is 0.291. The SMILES string of the molecule is COC(=O)CCNC(=O)CC1NC(=O)c2ccccc21. The molecule has 20 heavy (non-hydrogen) atoms. The van der Waals surface area contributed by atoms with Gasteiger partial charge in [0.15, 0.2) is 0 Å². The summed E-state index contributed by atoms with van der Waals surface area (Å²) in [6, 6.07) is 6.88. The molecule has 6 nitrogen and oxygen atoms in total. The zero-order valence-corrected chi connectivity index (χ0v) is 11.1. The molecule has 1 aromatic carbocycles. The van der Waals surface area contributed by atoms with Gasteiger partial charge in [-0.25, -0.2) is 0 Å². The predicted molar refractivity (Wildman–Crippen MR) is 70.9 cm³/mol. The summed E-state index contributed by atoms with van der Waals surface area (Å²) < 4.78 is 4.48. The topological polar surface area (TPSA) is 84.5 Å². The van der Waals surface area contributed by atoms with Gasteiger partial charge in [0, 0.05) is 12.1 Å². The van der Waals surface area contributed by atoms with Crippen LogP contribution in [0.15, 0.2) is 24.3 Å². The molecule has 0 aliphatic carbocycles. The molecule has 0 saturated heterocycles. The van der Waals surface area contributed by atoms with Gasteiger partial charge in [0.2, 0.25) is 5.91 Å². The van der Waals surface area contributed by atoms with Crippen LogP contribution in [0.5, 0.6) is 0 Å². The maximum absolute atomic E-state index is 11.8. The largest absolute Gasteiger partial charge is 0.469 e. The van der Waals surface area contributed by atoms with Crippen molar-refractivity contribution in [2.45, 2.75) is 18.9 Å². The van der Waals surface area contributed by atoms with Gasteiger partial charge in [0.1, 0.15) is 0 Å². The number of hydrogen-bond acceptors (Lipinski definition) is 4.